The Hall–Kier alpha value is -3.41. The van der Waals surface area contributed by atoms with Crippen molar-refractivity contribution in [3.63, 3.8) is 0 Å². The van der Waals surface area contributed by atoms with E-state index >= 15 is 0 Å². The number of allylic oxidation sites excluding steroid dienone is 2. The predicted octanol–water partition coefficient (Wildman–Crippen LogP) is 7.17. The molecule has 0 N–H and O–H groups in total. The van der Waals surface area contributed by atoms with Crippen LogP contribution in [-0.2, 0) is 10.0 Å². The molecule has 36 heavy (non-hydrogen) atoms. The molecule has 0 radical (unpaired) electrons. The molecule has 5 heteroatoms. The Bertz CT molecular complexity index is 1150. The molecule has 4 rings (SSSR count). The van der Waals surface area contributed by atoms with Crippen molar-refractivity contribution in [3.05, 3.63) is 126 Å². The first-order chi connectivity index (χ1) is 17.4. The molecule has 0 spiro atoms. The lowest BCUT2D eigenvalue weighted by molar-refractivity contribution is 0.0285. The van der Waals surface area contributed by atoms with E-state index in [4.69, 9.17) is 9.16 Å². The number of hydrogen-bond donors (Lipinski definition) is 0. The van der Waals surface area contributed by atoms with E-state index < -0.39 is 13.9 Å². The number of benzene rings is 3. The zero-order valence-electron chi connectivity index (χ0n) is 21.3. The Balaban J connectivity index is 1.65. The number of nitrogens with zero attached hydrogens (tertiary/aromatic N) is 1. The summed E-state index contributed by atoms with van der Waals surface area (Å²) in [6.07, 6.45) is 10.5. The van der Waals surface area contributed by atoms with E-state index in [1.165, 1.54) is 11.1 Å². The highest BCUT2D eigenvalue weighted by molar-refractivity contribution is 6.69. The maximum absolute atomic E-state index is 11.2. The number of carbonyl (C=O) groups is 1. The van der Waals surface area contributed by atoms with Crippen LogP contribution < -0.4 is 4.74 Å². The molecule has 0 aliphatic carbocycles. The average Bonchev–Trinajstić information content (AvgIpc) is 3.37. The van der Waals surface area contributed by atoms with Crippen molar-refractivity contribution >= 4 is 14.6 Å². The van der Waals surface area contributed by atoms with E-state index in [1.54, 1.807) is 18.4 Å². The lowest BCUT2D eigenvalue weighted by atomic mass is 9.79. The highest BCUT2D eigenvalue weighted by atomic mass is 28.4. The number of aldehydes is 1. The van der Waals surface area contributed by atoms with Gasteiger partial charge in [-0.15, -0.1) is 0 Å². The number of carbonyl (C=O) groups excluding carboxylic acids is 1. The van der Waals surface area contributed by atoms with Crippen molar-refractivity contribution in [3.8, 4) is 5.75 Å². The van der Waals surface area contributed by atoms with Gasteiger partial charge in [0, 0.05) is 6.54 Å². The van der Waals surface area contributed by atoms with Gasteiger partial charge in [-0.05, 0) is 74.1 Å². The minimum atomic E-state index is -1.96. The van der Waals surface area contributed by atoms with Gasteiger partial charge in [-0.2, -0.15) is 0 Å². The molecule has 3 aromatic carbocycles. The van der Waals surface area contributed by atoms with Crippen molar-refractivity contribution in [2.24, 2.45) is 0 Å². The van der Waals surface area contributed by atoms with Gasteiger partial charge in [-0.25, -0.2) is 0 Å². The van der Waals surface area contributed by atoms with Crippen molar-refractivity contribution in [2.45, 2.75) is 44.1 Å². The van der Waals surface area contributed by atoms with E-state index in [-0.39, 0.29) is 6.04 Å². The fourth-order valence-electron chi connectivity index (χ4n) is 5.00. The van der Waals surface area contributed by atoms with Crippen molar-refractivity contribution < 1.29 is 14.0 Å². The maximum Gasteiger partial charge on any atom is 0.185 e. The average molecular weight is 498 g/mol. The fraction of sp³-hybridized carbons (Fsp3) is 0.258. The van der Waals surface area contributed by atoms with Gasteiger partial charge in [0.05, 0.1) is 17.9 Å². The zero-order chi connectivity index (χ0) is 25.4. The summed E-state index contributed by atoms with van der Waals surface area (Å²) in [4.78, 5) is 13.6. The topological polar surface area (TPSA) is 38.8 Å². The minimum absolute atomic E-state index is 0.149. The Morgan fingerprint density at radius 2 is 1.47 bits per heavy atom. The molecule has 0 bridgehead atoms. The third-order valence-electron chi connectivity index (χ3n) is 6.34. The number of likely N-dealkylation sites (tertiary alicyclic amines) is 1. The van der Waals surface area contributed by atoms with E-state index in [0.717, 1.165) is 25.7 Å². The van der Waals surface area contributed by atoms with E-state index in [9.17, 15) is 4.79 Å². The standard InChI is InChI=1S/C31H35NO3Si/c1-36(2,3)35-31(27-16-6-4-7-17-27,28-18-8-5-9-19-28)30-21-14-23-32(30)22-12-13-24-34-29-20-11-10-15-26(29)25-33/h4-13,15-20,22,24-25,30H,14,21,23H2,1-3H3/b22-12+,24-13+/t30-/m1/s1. The highest BCUT2D eigenvalue weighted by Crippen LogP contribution is 2.45. The summed E-state index contributed by atoms with van der Waals surface area (Å²) in [5, 5.41) is 0. The van der Waals surface area contributed by atoms with Crippen LogP contribution in [-0.4, -0.2) is 32.1 Å². The number of para-hydroxylation sites is 1. The van der Waals surface area contributed by atoms with Gasteiger partial charge in [0.2, 0.25) is 0 Å². The number of hydrogen-bond acceptors (Lipinski definition) is 4. The van der Waals surface area contributed by atoms with Crippen LogP contribution in [0.3, 0.4) is 0 Å². The van der Waals surface area contributed by atoms with Gasteiger partial charge in [-0.1, -0.05) is 72.8 Å². The molecule has 1 fully saturated rings. The van der Waals surface area contributed by atoms with Crippen LogP contribution >= 0.6 is 0 Å². The van der Waals surface area contributed by atoms with Crippen LogP contribution in [0.2, 0.25) is 19.6 Å². The molecular formula is C31H35NO3Si. The highest BCUT2D eigenvalue weighted by Gasteiger charge is 2.49. The van der Waals surface area contributed by atoms with Crippen LogP contribution in [0.5, 0.6) is 5.75 Å². The number of ether oxygens (including phenoxy) is 1. The largest absolute Gasteiger partial charge is 0.464 e. The lowest BCUT2D eigenvalue weighted by Gasteiger charge is -2.47. The Morgan fingerprint density at radius 1 is 0.861 bits per heavy atom. The Kier molecular flexibility index (Phi) is 8.24. The summed E-state index contributed by atoms with van der Waals surface area (Å²) in [6, 6.07) is 28.7. The molecule has 3 aromatic rings. The summed E-state index contributed by atoms with van der Waals surface area (Å²) >= 11 is 0. The van der Waals surface area contributed by atoms with Gasteiger partial charge in [-0.3, -0.25) is 4.79 Å². The molecule has 4 nitrogen and oxygen atoms in total. The van der Waals surface area contributed by atoms with Crippen LogP contribution in [0.4, 0.5) is 0 Å². The maximum atomic E-state index is 11.2. The first-order valence-electron chi connectivity index (χ1n) is 12.6. The molecule has 0 saturated carbocycles. The molecule has 0 aromatic heterocycles. The summed E-state index contributed by atoms with van der Waals surface area (Å²) in [6.45, 7) is 7.75. The minimum Gasteiger partial charge on any atom is -0.464 e. The quantitative estimate of drug-likeness (QED) is 0.129. The summed E-state index contributed by atoms with van der Waals surface area (Å²) in [5.74, 6) is 0.548. The SMILES string of the molecule is C[Si](C)(C)OC(c1ccccc1)(c1ccccc1)[C@H]1CCCN1/C=C/C=C/Oc1ccccc1C=O. The monoisotopic (exact) mass is 497 g/mol. The van der Waals surface area contributed by atoms with Gasteiger partial charge < -0.3 is 14.1 Å². The summed E-state index contributed by atoms with van der Waals surface area (Å²) in [7, 11) is -1.96. The van der Waals surface area contributed by atoms with Crippen LogP contribution in [0.15, 0.2) is 110 Å². The molecule has 0 unspecified atom stereocenters. The van der Waals surface area contributed by atoms with Gasteiger partial charge in [0.15, 0.2) is 14.6 Å². The molecule has 1 aliphatic rings. The van der Waals surface area contributed by atoms with Crippen LogP contribution in [0.1, 0.15) is 34.3 Å². The van der Waals surface area contributed by atoms with E-state index in [1.807, 2.05) is 24.3 Å². The van der Waals surface area contributed by atoms with Gasteiger partial charge >= 0.3 is 0 Å². The molecule has 1 aliphatic heterocycles. The molecule has 0 amide bonds. The van der Waals surface area contributed by atoms with Crippen LogP contribution in [0, 0.1) is 0 Å². The molecule has 1 atom stereocenters. The fourth-order valence-corrected chi connectivity index (χ4v) is 6.34. The van der Waals surface area contributed by atoms with Crippen LogP contribution in [0.25, 0.3) is 0 Å². The normalized spacial score (nSPS) is 16.6. The Labute approximate surface area is 216 Å². The Morgan fingerprint density at radius 3 is 2.08 bits per heavy atom. The first kappa shape index (κ1) is 25.7. The van der Waals surface area contributed by atoms with Gasteiger partial charge in [0.1, 0.15) is 11.4 Å². The molecule has 1 saturated heterocycles. The van der Waals surface area contributed by atoms with Crippen molar-refractivity contribution in [1.29, 1.82) is 0 Å². The van der Waals surface area contributed by atoms with Crippen molar-refractivity contribution in [2.75, 3.05) is 6.54 Å². The van der Waals surface area contributed by atoms with E-state index in [0.29, 0.717) is 11.3 Å². The van der Waals surface area contributed by atoms with E-state index in [2.05, 4.69) is 91.4 Å². The third-order valence-corrected chi connectivity index (χ3v) is 7.28. The second kappa shape index (κ2) is 11.5. The lowest BCUT2D eigenvalue weighted by Crippen LogP contribution is -2.53. The summed E-state index contributed by atoms with van der Waals surface area (Å²) in [5.41, 5.74) is 2.34. The molecule has 1 heterocycles. The second-order valence-corrected chi connectivity index (χ2v) is 14.5. The zero-order valence-corrected chi connectivity index (χ0v) is 22.3. The predicted molar refractivity (Wildman–Crippen MR) is 149 cm³/mol. The number of rotatable bonds is 10. The van der Waals surface area contributed by atoms with Crippen molar-refractivity contribution in [1.82, 2.24) is 4.90 Å². The molecular weight excluding hydrogens is 462 g/mol. The third kappa shape index (κ3) is 5.86. The molecule has 186 valence electrons. The smallest absolute Gasteiger partial charge is 0.185 e. The second-order valence-electron chi connectivity index (χ2n) is 10.0. The summed E-state index contributed by atoms with van der Waals surface area (Å²) < 4.78 is 12.9. The van der Waals surface area contributed by atoms with Gasteiger partial charge in [0.25, 0.3) is 0 Å². The first-order valence-corrected chi connectivity index (χ1v) is 16.0.